The number of carbonyl (C=O) groups is 4. The lowest BCUT2D eigenvalue weighted by molar-refractivity contribution is -0.161. The Morgan fingerprint density at radius 3 is 0.800 bits per heavy atom. The zero-order valence-corrected chi connectivity index (χ0v) is 56.7. The standard InChI is InChI=1S/C66H128O17P2/c1-7-9-11-13-14-15-16-17-18-19-20-21-22-23-24-32-38-44-50-65(70)83-62(55-77-64(69)49-43-37-31-27-25-29-35-40-46-58(3)4)57-81-85(74,75)79-53-60(67)52-78-84(72,73)80-56-61(54-76-63(68)48-42-34-12-10-8-2)82-66(71)51-45-39-33-28-26-30-36-41-47-59(5)6/h58-62,67H,7-57H2,1-6H3,(H,72,73)(H,74,75)/t60-,61+,62+/m0/s1. The van der Waals surface area contributed by atoms with Crippen LogP contribution in [-0.4, -0.2) is 96.7 Å². The van der Waals surface area contributed by atoms with E-state index < -0.39 is 97.5 Å². The lowest BCUT2D eigenvalue weighted by Gasteiger charge is -2.21. The van der Waals surface area contributed by atoms with Crippen molar-refractivity contribution >= 4 is 39.5 Å². The third-order valence-corrected chi connectivity index (χ3v) is 17.1. The molecule has 0 rings (SSSR count). The molecule has 0 aliphatic rings. The molecule has 0 heterocycles. The number of unbranched alkanes of at least 4 members (excludes halogenated alkanes) is 35. The van der Waals surface area contributed by atoms with Crippen molar-refractivity contribution in [3.8, 4) is 0 Å². The Balaban J connectivity index is 5.14. The van der Waals surface area contributed by atoms with Crippen LogP contribution in [0.15, 0.2) is 0 Å². The van der Waals surface area contributed by atoms with Crippen molar-refractivity contribution in [3.05, 3.63) is 0 Å². The van der Waals surface area contributed by atoms with Crippen LogP contribution in [0.2, 0.25) is 0 Å². The Morgan fingerprint density at radius 2 is 0.541 bits per heavy atom. The van der Waals surface area contributed by atoms with Gasteiger partial charge in [0.2, 0.25) is 0 Å². The maximum Gasteiger partial charge on any atom is 0.472 e. The zero-order chi connectivity index (χ0) is 62.9. The van der Waals surface area contributed by atoms with Gasteiger partial charge in [-0.3, -0.25) is 37.3 Å². The van der Waals surface area contributed by atoms with E-state index in [0.717, 1.165) is 108 Å². The highest BCUT2D eigenvalue weighted by molar-refractivity contribution is 7.47. The van der Waals surface area contributed by atoms with Crippen molar-refractivity contribution < 1.29 is 80.2 Å². The molecule has 3 N–H and O–H groups in total. The smallest absolute Gasteiger partial charge is 0.462 e. The predicted octanol–water partition coefficient (Wildman–Crippen LogP) is 18.4. The second-order valence-corrected chi connectivity index (χ2v) is 27.7. The van der Waals surface area contributed by atoms with Gasteiger partial charge in [0.25, 0.3) is 0 Å². The summed E-state index contributed by atoms with van der Waals surface area (Å²) >= 11 is 0. The van der Waals surface area contributed by atoms with Gasteiger partial charge in [-0.15, -0.1) is 0 Å². The van der Waals surface area contributed by atoms with Crippen LogP contribution in [-0.2, 0) is 65.4 Å². The van der Waals surface area contributed by atoms with Gasteiger partial charge in [-0.05, 0) is 37.5 Å². The number of phosphoric acid groups is 2. The van der Waals surface area contributed by atoms with E-state index in [4.69, 9.17) is 37.0 Å². The van der Waals surface area contributed by atoms with E-state index in [-0.39, 0.29) is 25.7 Å². The molecule has 504 valence electrons. The summed E-state index contributed by atoms with van der Waals surface area (Å²) in [6, 6.07) is 0. The Morgan fingerprint density at radius 1 is 0.318 bits per heavy atom. The molecule has 0 bridgehead atoms. The lowest BCUT2D eigenvalue weighted by atomic mass is 10.0. The van der Waals surface area contributed by atoms with Crippen LogP contribution in [0.4, 0.5) is 0 Å². The topological polar surface area (TPSA) is 237 Å². The van der Waals surface area contributed by atoms with E-state index in [1.54, 1.807) is 0 Å². The molecule has 0 radical (unpaired) electrons. The van der Waals surface area contributed by atoms with Crippen molar-refractivity contribution in [1.29, 1.82) is 0 Å². The fourth-order valence-corrected chi connectivity index (χ4v) is 11.5. The first-order valence-electron chi connectivity index (χ1n) is 34.5. The van der Waals surface area contributed by atoms with Gasteiger partial charge in [-0.1, -0.05) is 279 Å². The highest BCUT2D eigenvalue weighted by Crippen LogP contribution is 2.45. The van der Waals surface area contributed by atoms with Crippen LogP contribution < -0.4 is 0 Å². The molecule has 0 fully saturated rings. The summed E-state index contributed by atoms with van der Waals surface area (Å²) < 4.78 is 67.9. The van der Waals surface area contributed by atoms with Crippen molar-refractivity contribution in [2.75, 3.05) is 39.6 Å². The molecule has 2 unspecified atom stereocenters. The Labute approximate surface area is 517 Å². The second kappa shape index (κ2) is 58.4. The summed E-state index contributed by atoms with van der Waals surface area (Å²) in [6.07, 6.45) is 42.2. The van der Waals surface area contributed by atoms with E-state index >= 15 is 0 Å². The Hall–Kier alpha value is -1.94. The molecule has 0 aromatic heterocycles. The molecular weight excluding hydrogens is 1130 g/mol. The molecule has 19 heteroatoms. The summed E-state index contributed by atoms with van der Waals surface area (Å²) in [7, 11) is -9.88. The number of esters is 4. The van der Waals surface area contributed by atoms with Crippen LogP contribution in [0.5, 0.6) is 0 Å². The summed E-state index contributed by atoms with van der Waals surface area (Å²) in [6.45, 7) is 9.35. The minimum absolute atomic E-state index is 0.103. The van der Waals surface area contributed by atoms with E-state index in [1.807, 2.05) is 0 Å². The van der Waals surface area contributed by atoms with Crippen molar-refractivity contribution in [2.24, 2.45) is 11.8 Å². The molecule has 0 saturated heterocycles. The molecule has 0 aliphatic carbocycles. The number of hydrogen-bond acceptors (Lipinski definition) is 15. The predicted molar refractivity (Wildman–Crippen MR) is 340 cm³/mol. The summed E-state index contributed by atoms with van der Waals surface area (Å²) in [4.78, 5) is 72.0. The SMILES string of the molecule is CCCCCCCCCCCCCCCCCCCCC(=O)O[C@H](COC(=O)CCCCCCCCCCC(C)C)COP(=O)(O)OC[C@@H](O)COP(=O)(O)OC[C@@H](COC(=O)CCCCCCC)OC(=O)CCCCCCCCCCC(C)C. The fourth-order valence-electron chi connectivity index (χ4n) is 9.88. The second-order valence-electron chi connectivity index (χ2n) is 24.8. The van der Waals surface area contributed by atoms with E-state index in [9.17, 15) is 43.2 Å². The molecule has 17 nitrogen and oxygen atoms in total. The quantitative estimate of drug-likeness (QED) is 0.0222. The van der Waals surface area contributed by atoms with Gasteiger partial charge in [-0.25, -0.2) is 9.13 Å². The molecule has 85 heavy (non-hydrogen) atoms. The molecule has 0 amide bonds. The molecule has 0 saturated carbocycles. The highest BCUT2D eigenvalue weighted by atomic mass is 31.2. The van der Waals surface area contributed by atoms with Crippen LogP contribution in [0.1, 0.15) is 330 Å². The molecular formula is C66H128O17P2. The van der Waals surface area contributed by atoms with Crippen molar-refractivity contribution in [3.63, 3.8) is 0 Å². The molecule has 5 atom stereocenters. The van der Waals surface area contributed by atoms with Gasteiger partial charge in [0.1, 0.15) is 19.3 Å². The lowest BCUT2D eigenvalue weighted by Crippen LogP contribution is -2.30. The van der Waals surface area contributed by atoms with Crippen LogP contribution >= 0.6 is 15.6 Å². The number of ether oxygens (including phenoxy) is 4. The molecule has 0 aromatic rings. The summed E-state index contributed by atoms with van der Waals surface area (Å²) in [5, 5.41) is 10.5. The minimum atomic E-state index is -4.95. The van der Waals surface area contributed by atoms with Crippen LogP contribution in [0.3, 0.4) is 0 Å². The number of aliphatic hydroxyl groups is 1. The number of aliphatic hydroxyl groups excluding tert-OH is 1. The molecule has 0 spiro atoms. The normalized spacial score (nSPS) is 14.2. The summed E-state index contributed by atoms with van der Waals surface area (Å²) in [5.74, 6) is -0.699. The molecule has 0 aromatic carbocycles. The van der Waals surface area contributed by atoms with Gasteiger partial charge < -0.3 is 33.8 Å². The third-order valence-electron chi connectivity index (χ3n) is 15.2. The van der Waals surface area contributed by atoms with Gasteiger partial charge in [0, 0.05) is 25.7 Å². The Bertz CT molecular complexity index is 1670. The fraction of sp³-hybridized carbons (Fsp3) is 0.939. The number of rotatable bonds is 65. The first-order valence-corrected chi connectivity index (χ1v) is 37.5. The van der Waals surface area contributed by atoms with Crippen molar-refractivity contribution in [2.45, 2.75) is 349 Å². The first-order chi connectivity index (χ1) is 40.9. The number of carbonyl (C=O) groups excluding carboxylic acids is 4. The Kier molecular flexibility index (Phi) is 57.1. The first kappa shape index (κ1) is 83.1. The minimum Gasteiger partial charge on any atom is -0.462 e. The van der Waals surface area contributed by atoms with Gasteiger partial charge in [0.05, 0.1) is 26.4 Å². The van der Waals surface area contributed by atoms with Crippen LogP contribution in [0.25, 0.3) is 0 Å². The monoisotopic (exact) mass is 1250 g/mol. The summed E-state index contributed by atoms with van der Waals surface area (Å²) in [5.41, 5.74) is 0. The third kappa shape index (κ3) is 60.7. The molecule has 0 aliphatic heterocycles. The van der Waals surface area contributed by atoms with E-state index in [2.05, 4.69) is 41.5 Å². The number of hydrogen-bond donors (Lipinski definition) is 3. The van der Waals surface area contributed by atoms with Gasteiger partial charge in [-0.2, -0.15) is 0 Å². The average molecular weight is 1260 g/mol. The zero-order valence-electron chi connectivity index (χ0n) is 54.9. The van der Waals surface area contributed by atoms with Crippen molar-refractivity contribution in [1.82, 2.24) is 0 Å². The maximum atomic E-state index is 13.0. The van der Waals surface area contributed by atoms with E-state index in [1.165, 1.54) is 141 Å². The maximum absolute atomic E-state index is 13.0. The van der Waals surface area contributed by atoms with Gasteiger partial charge in [0.15, 0.2) is 12.2 Å². The largest absolute Gasteiger partial charge is 0.472 e. The van der Waals surface area contributed by atoms with Gasteiger partial charge >= 0.3 is 39.5 Å². The number of phosphoric ester groups is 2. The van der Waals surface area contributed by atoms with E-state index in [0.29, 0.717) is 25.7 Å². The average Bonchev–Trinajstić information content (AvgIpc) is 3.57. The highest BCUT2D eigenvalue weighted by Gasteiger charge is 2.30. The van der Waals surface area contributed by atoms with Crippen LogP contribution in [0, 0.1) is 11.8 Å².